The molecule has 0 saturated heterocycles. The van der Waals surface area contributed by atoms with Crippen LogP contribution in [0.15, 0.2) is 0 Å². The highest BCUT2D eigenvalue weighted by Gasteiger charge is 2.20. The molecule has 0 spiro atoms. The molecule has 0 rings (SSSR count). The van der Waals surface area contributed by atoms with Crippen LogP contribution in [0.4, 0.5) is 0 Å². The topological polar surface area (TPSA) is 27.1 Å². The van der Waals surface area contributed by atoms with Crippen LogP contribution < -0.4 is 0 Å². The Morgan fingerprint density at radius 2 is 1.77 bits per heavy atom. The predicted octanol–water partition coefficient (Wildman–Crippen LogP) is 3.13. The third-order valence-corrected chi connectivity index (χ3v) is 2.19. The van der Waals surface area contributed by atoms with E-state index in [2.05, 4.69) is 32.6 Å². The van der Waals surface area contributed by atoms with Gasteiger partial charge in [0.15, 0.2) is 0 Å². The lowest BCUT2D eigenvalue weighted by atomic mass is 9.94. The van der Waals surface area contributed by atoms with Gasteiger partial charge in [0, 0.05) is 19.0 Å². The quantitative estimate of drug-likeness (QED) is 0.405. The van der Waals surface area contributed by atoms with Crippen LogP contribution in [0.3, 0.4) is 0 Å². The normalized spacial score (nSPS) is 11.5. The Balaban J connectivity index is 3.84. The van der Waals surface area contributed by atoms with Crippen LogP contribution in [0.25, 0.3) is 0 Å². The van der Waals surface area contributed by atoms with Crippen molar-refractivity contribution < 1.29 is 0 Å². The molecule has 0 aromatic rings. The summed E-state index contributed by atoms with van der Waals surface area (Å²) in [5, 5.41) is 7.91. The lowest BCUT2D eigenvalue weighted by molar-refractivity contribution is 0.410. The highest BCUT2D eigenvalue weighted by Crippen LogP contribution is 2.16. The Morgan fingerprint density at radius 3 is 2.15 bits per heavy atom. The summed E-state index contributed by atoms with van der Waals surface area (Å²) in [6.07, 6.45) is 3.71. The molecule has 13 heavy (non-hydrogen) atoms. The van der Waals surface area contributed by atoms with Gasteiger partial charge in [0.25, 0.3) is 0 Å². The van der Waals surface area contributed by atoms with Crippen molar-refractivity contribution >= 4 is 5.84 Å². The van der Waals surface area contributed by atoms with Gasteiger partial charge in [-0.15, -0.1) is 0 Å². The van der Waals surface area contributed by atoms with Gasteiger partial charge in [0.05, 0.1) is 0 Å². The minimum atomic E-state index is -0.0129. The monoisotopic (exact) mass is 184 g/mol. The summed E-state index contributed by atoms with van der Waals surface area (Å²) in [6.45, 7) is 9.49. The first kappa shape index (κ1) is 12.5. The van der Waals surface area contributed by atoms with Crippen LogP contribution in [0.1, 0.15) is 47.0 Å². The molecule has 0 aromatic carbocycles. The standard InChI is InChI=1S/C11H24N2/c1-6-7-8-9-13(5)10(12)11(2,3)4/h12H,6-9H2,1-5H3. The van der Waals surface area contributed by atoms with Gasteiger partial charge >= 0.3 is 0 Å². The Kier molecular flexibility index (Phi) is 5.04. The molecule has 0 unspecified atom stereocenters. The van der Waals surface area contributed by atoms with Gasteiger partial charge in [-0.1, -0.05) is 40.5 Å². The van der Waals surface area contributed by atoms with Crippen LogP contribution in [0.5, 0.6) is 0 Å². The van der Waals surface area contributed by atoms with Crippen molar-refractivity contribution in [2.45, 2.75) is 47.0 Å². The highest BCUT2D eigenvalue weighted by atomic mass is 15.1. The molecule has 0 aliphatic carbocycles. The van der Waals surface area contributed by atoms with Gasteiger partial charge in [-0.3, -0.25) is 5.41 Å². The number of unbranched alkanes of at least 4 members (excludes halogenated alkanes) is 2. The molecule has 0 radical (unpaired) electrons. The maximum atomic E-state index is 7.91. The number of amidine groups is 1. The number of hydrogen-bond donors (Lipinski definition) is 1. The summed E-state index contributed by atoms with van der Waals surface area (Å²) in [7, 11) is 2.02. The summed E-state index contributed by atoms with van der Waals surface area (Å²) < 4.78 is 0. The van der Waals surface area contributed by atoms with Crippen molar-refractivity contribution in [3.63, 3.8) is 0 Å². The van der Waals surface area contributed by atoms with Gasteiger partial charge in [0.1, 0.15) is 5.84 Å². The molecule has 0 atom stereocenters. The minimum absolute atomic E-state index is 0.0129. The molecule has 0 saturated carbocycles. The first-order valence-corrected chi connectivity index (χ1v) is 5.19. The zero-order chi connectivity index (χ0) is 10.5. The second-order valence-corrected chi connectivity index (χ2v) is 4.73. The molecule has 0 fully saturated rings. The fourth-order valence-electron chi connectivity index (χ4n) is 1.28. The minimum Gasteiger partial charge on any atom is -0.363 e. The van der Waals surface area contributed by atoms with E-state index in [0.717, 1.165) is 12.4 Å². The van der Waals surface area contributed by atoms with Crippen molar-refractivity contribution in [1.82, 2.24) is 4.90 Å². The van der Waals surface area contributed by atoms with Crippen molar-refractivity contribution in [3.8, 4) is 0 Å². The fourth-order valence-corrected chi connectivity index (χ4v) is 1.28. The second kappa shape index (κ2) is 5.25. The molecule has 0 aromatic heterocycles. The highest BCUT2D eigenvalue weighted by molar-refractivity contribution is 5.83. The smallest absolute Gasteiger partial charge is 0.101 e. The van der Waals surface area contributed by atoms with Crippen molar-refractivity contribution in [3.05, 3.63) is 0 Å². The molecule has 0 amide bonds. The summed E-state index contributed by atoms with van der Waals surface area (Å²) in [4.78, 5) is 2.07. The lowest BCUT2D eigenvalue weighted by Gasteiger charge is -2.29. The molecule has 0 aliphatic rings. The number of nitrogens with zero attached hydrogens (tertiary/aromatic N) is 1. The maximum Gasteiger partial charge on any atom is 0.101 e. The van der Waals surface area contributed by atoms with E-state index in [1.54, 1.807) is 0 Å². The fraction of sp³-hybridized carbons (Fsp3) is 0.909. The van der Waals surface area contributed by atoms with Gasteiger partial charge in [-0.05, 0) is 6.42 Å². The Morgan fingerprint density at radius 1 is 1.23 bits per heavy atom. The Labute approximate surface area is 82.8 Å². The molecule has 2 heteroatoms. The maximum absolute atomic E-state index is 7.91. The van der Waals surface area contributed by atoms with Crippen LogP contribution in [-0.2, 0) is 0 Å². The molecular weight excluding hydrogens is 160 g/mol. The van der Waals surface area contributed by atoms with Crippen molar-refractivity contribution in [1.29, 1.82) is 5.41 Å². The van der Waals surface area contributed by atoms with E-state index in [0.29, 0.717) is 0 Å². The molecule has 0 heterocycles. The summed E-state index contributed by atoms with van der Waals surface area (Å²) in [6, 6.07) is 0. The SMILES string of the molecule is CCCCCN(C)C(=N)C(C)(C)C. The molecule has 1 N–H and O–H groups in total. The largest absolute Gasteiger partial charge is 0.363 e. The first-order valence-electron chi connectivity index (χ1n) is 5.19. The van der Waals surface area contributed by atoms with Gasteiger partial charge in [0.2, 0.25) is 0 Å². The van der Waals surface area contributed by atoms with Crippen LogP contribution >= 0.6 is 0 Å². The van der Waals surface area contributed by atoms with Gasteiger partial charge in [-0.2, -0.15) is 0 Å². The molecule has 0 aliphatic heterocycles. The first-order chi connectivity index (χ1) is 5.89. The number of rotatable bonds is 4. The van der Waals surface area contributed by atoms with Gasteiger partial charge < -0.3 is 4.90 Å². The molecule has 0 bridgehead atoms. The van der Waals surface area contributed by atoms with Gasteiger partial charge in [-0.25, -0.2) is 0 Å². The zero-order valence-corrected chi connectivity index (χ0v) is 9.78. The Hall–Kier alpha value is -0.530. The number of hydrogen-bond acceptors (Lipinski definition) is 1. The summed E-state index contributed by atoms with van der Waals surface area (Å²) >= 11 is 0. The van der Waals surface area contributed by atoms with E-state index in [1.807, 2.05) is 7.05 Å². The predicted molar refractivity (Wildman–Crippen MR) is 59.3 cm³/mol. The van der Waals surface area contributed by atoms with Crippen molar-refractivity contribution in [2.75, 3.05) is 13.6 Å². The summed E-state index contributed by atoms with van der Waals surface area (Å²) in [5.41, 5.74) is -0.0129. The van der Waals surface area contributed by atoms with E-state index >= 15 is 0 Å². The van der Waals surface area contributed by atoms with Crippen LogP contribution in [0.2, 0.25) is 0 Å². The third-order valence-electron chi connectivity index (χ3n) is 2.19. The third kappa shape index (κ3) is 4.91. The number of nitrogens with one attached hydrogen (secondary N) is 1. The van der Waals surface area contributed by atoms with Crippen molar-refractivity contribution in [2.24, 2.45) is 5.41 Å². The molecular formula is C11H24N2. The Bertz CT molecular complexity index is 156. The average molecular weight is 184 g/mol. The van der Waals surface area contributed by atoms with E-state index in [-0.39, 0.29) is 5.41 Å². The molecule has 78 valence electrons. The van der Waals surface area contributed by atoms with E-state index in [1.165, 1.54) is 19.3 Å². The molecule has 2 nitrogen and oxygen atoms in total. The zero-order valence-electron chi connectivity index (χ0n) is 9.78. The lowest BCUT2D eigenvalue weighted by Crippen LogP contribution is -2.36. The second-order valence-electron chi connectivity index (χ2n) is 4.73. The van der Waals surface area contributed by atoms with Crippen LogP contribution in [-0.4, -0.2) is 24.3 Å². The van der Waals surface area contributed by atoms with Crippen LogP contribution in [0, 0.1) is 10.8 Å². The van der Waals surface area contributed by atoms with E-state index in [4.69, 9.17) is 5.41 Å². The van der Waals surface area contributed by atoms with E-state index < -0.39 is 0 Å². The average Bonchev–Trinajstić information content (AvgIpc) is 2.01. The summed E-state index contributed by atoms with van der Waals surface area (Å²) in [5.74, 6) is 0.739. The van der Waals surface area contributed by atoms with E-state index in [9.17, 15) is 0 Å².